The fourth-order valence-electron chi connectivity index (χ4n) is 3.03. The number of ether oxygens (including phenoxy) is 3. The Morgan fingerprint density at radius 1 is 1.06 bits per heavy atom. The van der Waals surface area contributed by atoms with E-state index in [1.165, 1.54) is 0 Å². The number of amides is 2. The molecule has 2 aromatic carbocycles. The van der Waals surface area contributed by atoms with Crippen LogP contribution in [0.3, 0.4) is 0 Å². The highest BCUT2D eigenvalue weighted by Gasteiger charge is 2.37. The molecular weight excluding hydrogens is 522 g/mol. The molecule has 1 heterocycles. The summed E-state index contributed by atoms with van der Waals surface area (Å²) in [6.07, 6.45) is 1.60. The number of imide groups is 1. The minimum Gasteiger partial charge on any atom is -0.490 e. The second kappa shape index (κ2) is 11.1. The van der Waals surface area contributed by atoms with Crippen LogP contribution in [0.1, 0.15) is 38.8 Å². The highest BCUT2D eigenvalue weighted by Crippen LogP contribution is 2.35. The summed E-state index contributed by atoms with van der Waals surface area (Å²) in [6.45, 7) is 7.42. The standard InChI is InChI=1S/C25H26BrNO6S/c1-5-31-20-12-17(8-11-19(20)32-15-16-6-9-18(26)10-7-16)13-21-23(29)27(24(30)34-21)14-22(28)33-25(2,3)4/h6-13H,5,14-15H2,1-4H3. The molecule has 7 nitrogen and oxygen atoms in total. The van der Waals surface area contributed by atoms with Gasteiger partial charge in [-0.25, -0.2) is 0 Å². The molecule has 1 fully saturated rings. The number of thioether (sulfide) groups is 1. The maximum absolute atomic E-state index is 12.7. The molecule has 0 aromatic heterocycles. The van der Waals surface area contributed by atoms with Gasteiger partial charge in [-0.1, -0.05) is 34.1 Å². The molecule has 180 valence electrons. The van der Waals surface area contributed by atoms with Crippen molar-refractivity contribution in [2.45, 2.75) is 39.9 Å². The molecule has 1 aliphatic rings. The topological polar surface area (TPSA) is 82.1 Å². The SMILES string of the molecule is CCOc1cc(C=C2SC(=O)N(CC(=O)OC(C)(C)C)C2=O)ccc1OCc1ccc(Br)cc1. The van der Waals surface area contributed by atoms with Gasteiger partial charge in [-0.15, -0.1) is 0 Å². The van der Waals surface area contributed by atoms with Crippen molar-refractivity contribution in [3.05, 3.63) is 63.0 Å². The number of hydrogen-bond donors (Lipinski definition) is 0. The average Bonchev–Trinajstić information content (AvgIpc) is 3.00. The molecule has 0 bridgehead atoms. The van der Waals surface area contributed by atoms with E-state index in [4.69, 9.17) is 14.2 Å². The second-order valence-electron chi connectivity index (χ2n) is 8.41. The first kappa shape index (κ1) is 25.8. The number of nitrogens with zero attached hydrogens (tertiary/aromatic N) is 1. The largest absolute Gasteiger partial charge is 0.490 e. The Bertz CT molecular complexity index is 1110. The minimum atomic E-state index is -0.703. The van der Waals surface area contributed by atoms with Crippen LogP contribution in [0.25, 0.3) is 6.08 Å². The first-order valence-corrected chi connectivity index (χ1v) is 12.3. The van der Waals surface area contributed by atoms with Crippen molar-refractivity contribution in [1.29, 1.82) is 0 Å². The monoisotopic (exact) mass is 547 g/mol. The summed E-state index contributed by atoms with van der Waals surface area (Å²) in [5.74, 6) is -0.0716. The van der Waals surface area contributed by atoms with E-state index in [0.29, 0.717) is 30.3 Å². The van der Waals surface area contributed by atoms with Crippen molar-refractivity contribution >= 4 is 50.9 Å². The summed E-state index contributed by atoms with van der Waals surface area (Å²) in [5.41, 5.74) is 0.974. The number of rotatable bonds is 8. The predicted octanol–water partition coefficient (Wildman–Crippen LogP) is 5.80. The lowest BCUT2D eigenvalue weighted by molar-refractivity contribution is -0.156. The van der Waals surface area contributed by atoms with Gasteiger partial charge in [0.25, 0.3) is 11.1 Å². The van der Waals surface area contributed by atoms with E-state index in [1.54, 1.807) is 45.0 Å². The van der Waals surface area contributed by atoms with Crippen LogP contribution < -0.4 is 9.47 Å². The van der Waals surface area contributed by atoms with E-state index in [9.17, 15) is 14.4 Å². The maximum atomic E-state index is 12.7. The van der Waals surface area contributed by atoms with Crippen LogP contribution in [-0.4, -0.2) is 40.8 Å². The molecule has 0 spiro atoms. The summed E-state index contributed by atoms with van der Waals surface area (Å²) in [5, 5.41) is -0.512. The normalized spacial score (nSPS) is 15.1. The Morgan fingerprint density at radius 3 is 2.41 bits per heavy atom. The van der Waals surface area contributed by atoms with Crippen LogP contribution >= 0.6 is 27.7 Å². The molecule has 2 amide bonds. The van der Waals surface area contributed by atoms with E-state index in [-0.39, 0.29) is 4.91 Å². The lowest BCUT2D eigenvalue weighted by Gasteiger charge is -2.21. The fourth-order valence-corrected chi connectivity index (χ4v) is 4.14. The molecule has 0 radical (unpaired) electrons. The Labute approximate surface area is 211 Å². The Hall–Kier alpha value is -2.78. The van der Waals surface area contributed by atoms with Gasteiger partial charge in [0, 0.05) is 4.47 Å². The maximum Gasteiger partial charge on any atom is 0.326 e. The Morgan fingerprint density at radius 2 is 1.76 bits per heavy atom. The van der Waals surface area contributed by atoms with Crippen molar-refractivity contribution in [2.24, 2.45) is 0 Å². The number of carbonyl (C=O) groups excluding carboxylic acids is 3. The van der Waals surface area contributed by atoms with Gasteiger partial charge in [0.15, 0.2) is 11.5 Å². The number of hydrogen-bond acceptors (Lipinski definition) is 7. The lowest BCUT2D eigenvalue weighted by atomic mass is 10.1. The van der Waals surface area contributed by atoms with Crippen LogP contribution in [0, 0.1) is 0 Å². The van der Waals surface area contributed by atoms with Crippen molar-refractivity contribution in [2.75, 3.05) is 13.2 Å². The first-order chi connectivity index (χ1) is 16.1. The second-order valence-corrected chi connectivity index (χ2v) is 10.3. The van der Waals surface area contributed by atoms with E-state index >= 15 is 0 Å². The van der Waals surface area contributed by atoms with Crippen LogP contribution in [0.4, 0.5) is 4.79 Å². The van der Waals surface area contributed by atoms with E-state index < -0.39 is 29.3 Å². The summed E-state index contributed by atoms with van der Waals surface area (Å²) < 4.78 is 17.9. The van der Waals surface area contributed by atoms with Gasteiger partial charge in [-0.2, -0.15) is 0 Å². The molecule has 0 N–H and O–H groups in total. The fraction of sp³-hybridized carbons (Fsp3) is 0.320. The van der Waals surface area contributed by atoms with E-state index in [2.05, 4.69) is 15.9 Å². The molecule has 1 aliphatic heterocycles. The molecule has 1 saturated heterocycles. The van der Waals surface area contributed by atoms with Crippen LogP contribution in [0.5, 0.6) is 11.5 Å². The molecule has 0 atom stereocenters. The summed E-state index contributed by atoms with van der Waals surface area (Å²) >= 11 is 4.20. The predicted molar refractivity (Wildman–Crippen MR) is 135 cm³/mol. The highest BCUT2D eigenvalue weighted by atomic mass is 79.9. The third-order valence-electron chi connectivity index (χ3n) is 4.45. The minimum absolute atomic E-state index is 0.222. The molecule has 34 heavy (non-hydrogen) atoms. The summed E-state index contributed by atoms with van der Waals surface area (Å²) in [6, 6.07) is 13.1. The Balaban J connectivity index is 1.73. The van der Waals surface area contributed by atoms with Crippen molar-refractivity contribution < 1.29 is 28.6 Å². The molecule has 2 aromatic rings. The first-order valence-electron chi connectivity index (χ1n) is 10.7. The van der Waals surface area contributed by atoms with E-state index in [1.807, 2.05) is 31.2 Å². The third-order valence-corrected chi connectivity index (χ3v) is 5.89. The number of halogens is 1. The Kier molecular flexibility index (Phi) is 8.43. The molecular formula is C25H26BrNO6S. The zero-order chi connectivity index (χ0) is 24.9. The van der Waals surface area contributed by atoms with Gasteiger partial charge < -0.3 is 14.2 Å². The van der Waals surface area contributed by atoms with Crippen LogP contribution in [-0.2, 0) is 20.9 Å². The van der Waals surface area contributed by atoms with Gasteiger partial charge in [0.05, 0.1) is 11.5 Å². The van der Waals surface area contributed by atoms with Crippen molar-refractivity contribution in [1.82, 2.24) is 4.90 Å². The smallest absolute Gasteiger partial charge is 0.326 e. The van der Waals surface area contributed by atoms with Gasteiger partial charge in [0.2, 0.25) is 0 Å². The van der Waals surface area contributed by atoms with Crippen LogP contribution in [0.15, 0.2) is 51.8 Å². The quantitative estimate of drug-likeness (QED) is 0.305. The van der Waals surface area contributed by atoms with Gasteiger partial charge in [0.1, 0.15) is 18.8 Å². The molecule has 0 saturated carbocycles. The summed E-state index contributed by atoms with van der Waals surface area (Å²) in [4.78, 5) is 38.2. The average molecular weight is 548 g/mol. The molecule has 3 rings (SSSR count). The zero-order valence-corrected chi connectivity index (χ0v) is 21.8. The van der Waals surface area contributed by atoms with Gasteiger partial charge in [-0.3, -0.25) is 19.3 Å². The highest BCUT2D eigenvalue weighted by molar-refractivity contribution is 9.10. The zero-order valence-electron chi connectivity index (χ0n) is 19.4. The van der Waals surface area contributed by atoms with Crippen molar-refractivity contribution in [3.63, 3.8) is 0 Å². The van der Waals surface area contributed by atoms with E-state index in [0.717, 1.165) is 26.7 Å². The number of benzene rings is 2. The lowest BCUT2D eigenvalue weighted by Crippen LogP contribution is -2.37. The number of carbonyl (C=O) groups is 3. The van der Waals surface area contributed by atoms with Crippen LogP contribution in [0.2, 0.25) is 0 Å². The van der Waals surface area contributed by atoms with Gasteiger partial charge in [-0.05, 0) is 80.9 Å². The summed E-state index contributed by atoms with van der Waals surface area (Å²) in [7, 11) is 0. The molecule has 0 unspecified atom stereocenters. The van der Waals surface area contributed by atoms with Gasteiger partial charge >= 0.3 is 5.97 Å². The molecule has 9 heteroatoms. The number of esters is 1. The van der Waals surface area contributed by atoms with Crippen molar-refractivity contribution in [3.8, 4) is 11.5 Å². The third kappa shape index (κ3) is 7.11. The molecule has 0 aliphatic carbocycles.